The topological polar surface area (TPSA) is 24.5 Å². The molecule has 1 atom stereocenters. The molecule has 1 aliphatic rings. The first-order chi connectivity index (χ1) is 8.74. The number of ether oxygens (including phenoxy) is 1. The normalized spacial score (nSPS) is 19.4. The highest BCUT2D eigenvalue weighted by Crippen LogP contribution is 2.23. The highest BCUT2D eigenvalue weighted by molar-refractivity contribution is 5.36. The predicted molar refractivity (Wildman–Crippen MR) is 75.1 cm³/mol. The number of hydrogen-bond acceptors (Lipinski definition) is 3. The zero-order valence-electron chi connectivity index (χ0n) is 11.7. The fourth-order valence-electron chi connectivity index (χ4n) is 2.70. The Bertz CT molecular complexity index is 386. The molecule has 0 amide bonds. The third-order valence-corrected chi connectivity index (χ3v) is 3.77. The van der Waals surface area contributed by atoms with Gasteiger partial charge in [0.05, 0.1) is 7.11 Å². The molecule has 1 saturated heterocycles. The highest BCUT2D eigenvalue weighted by atomic mass is 16.5. The van der Waals surface area contributed by atoms with Crippen LogP contribution in [0.5, 0.6) is 5.75 Å². The van der Waals surface area contributed by atoms with Crippen LogP contribution in [0.3, 0.4) is 0 Å². The number of methoxy groups -OCH3 is 1. The van der Waals surface area contributed by atoms with Gasteiger partial charge in [-0.1, -0.05) is 24.6 Å². The maximum atomic E-state index is 5.47. The van der Waals surface area contributed by atoms with Crippen LogP contribution in [-0.2, 0) is 6.54 Å². The summed E-state index contributed by atoms with van der Waals surface area (Å²) >= 11 is 0. The molecule has 0 aromatic heterocycles. The van der Waals surface area contributed by atoms with Crippen LogP contribution in [-0.4, -0.2) is 37.7 Å². The fourth-order valence-corrected chi connectivity index (χ4v) is 2.70. The molecular formula is C15H24N2O. The van der Waals surface area contributed by atoms with Crippen molar-refractivity contribution in [3.63, 3.8) is 0 Å². The van der Waals surface area contributed by atoms with E-state index in [4.69, 9.17) is 4.74 Å². The molecule has 1 aromatic carbocycles. The Morgan fingerprint density at radius 3 is 2.89 bits per heavy atom. The van der Waals surface area contributed by atoms with E-state index in [0.29, 0.717) is 6.04 Å². The Morgan fingerprint density at radius 1 is 1.44 bits per heavy atom. The van der Waals surface area contributed by atoms with Gasteiger partial charge in [-0.3, -0.25) is 4.90 Å². The van der Waals surface area contributed by atoms with Gasteiger partial charge in [0.15, 0.2) is 0 Å². The monoisotopic (exact) mass is 248 g/mol. The molecule has 0 spiro atoms. The molecule has 1 N–H and O–H groups in total. The maximum absolute atomic E-state index is 5.47. The second kappa shape index (κ2) is 6.21. The minimum atomic E-state index is 0.667. The summed E-state index contributed by atoms with van der Waals surface area (Å²) in [7, 11) is 1.75. The quantitative estimate of drug-likeness (QED) is 0.864. The first-order valence-corrected chi connectivity index (χ1v) is 6.83. The van der Waals surface area contributed by atoms with Gasteiger partial charge < -0.3 is 10.1 Å². The second-order valence-corrected chi connectivity index (χ2v) is 5.03. The molecule has 1 heterocycles. The molecule has 1 fully saturated rings. The Balaban J connectivity index is 2.12. The van der Waals surface area contributed by atoms with E-state index in [2.05, 4.69) is 42.3 Å². The molecule has 0 saturated carbocycles. The van der Waals surface area contributed by atoms with Crippen molar-refractivity contribution in [3.8, 4) is 5.75 Å². The standard InChI is InChI=1S/C15H24N2O/c1-4-17(14-7-8-16-10-14)11-13-9-12(2)5-6-15(13)18-3/h5-6,9,14,16H,4,7-8,10-11H2,1-3H3. The largest absolute Gasteiger partial charge is 0.496 e. The molecule has 0 radical (unpaired) electrons. The number of aryl methyl sites for hydroxylation is 1. The smallest absolute Gasteiger partial charge is 0.123 e. The fraction of sp³-hybridized carbons (Fsp3) is 0.600. The average molecular weight is 248 g/mol. The third kappa shape index (κ3) is 3.03. The lowest BCUT2D eigenvalue weighted by Crippen LogP contribution is -2.36. The molecule has 2 rings (SSSR count). The number of benzene rings is 1. The van der Waals surface area contributed by atoms with Gasteiger partial charge in [-0.2, -0.15) is 0 Å². The molecule has 0 aliphatic carbocycles. The Morgan fingerprint density at radius 2 is 2.28 bits per heavy atom. The van der Waals surface area contributed by atoms with Gasteiger partial charge >= 0.3 is 0 Å². The summed E-state index contributed by atoms with van der Waals surface area (Å²) in [5, 5.41) is 3.44. The van der Waals surface area contributed by atoms with Crippen LogP contribution in [0.2, 0.25) is 0 Å². The van der Waals surface area contributed by atoms with Gasteiger partial charge in [-0.25, -0.2) is 0 Å². The van der Waals surface area contributed by atoms with Crippen LogP contribution in [0.4, 0.5) is 0 Å². The molecule has 1 aliphatic heterocycles. The lowest BCUT2D eigenvalue weighted by molar-refractivity contribution is 0.207. The highest BCUT2D eigenvalue weighted by Gasteiger charge is 2.21. The van der Waals surface area contributed by atoms with Crippen LogP contribution in [0.25, 0.3) is 0 Å². The van der Waals surface area contributed by atoms with E-state index < -0.39 is 0 Å². The Labute approximate surface area is 110 Å². The van der Waals surface area contributed by atoms with Crippen LogP contribution in [0.15, 0.2) is 18.2 Å². The zero-order valence-corrected chi connectivity index (χ0v) is 11.7. The molecular weight excluding hydrogens is 224 g/mol. The van der Waals surface area contributed by atoms with Gasteiger partial charge in [-0.15, -0.1) is 0 Å². The van der Waals surface area contributed by atoms with Crippen LogP contribution in [0, 0.1) is 6.92 Å². The van der Waals surface area contributed by atoms with Crippen molar-refractivity contribution in [1.82, 2.24) is 10.2 Å². The maximum Gasteiger partial charge on any atom is 0.123 e. The van der Waals surface area contributed by atoms with Crippen molar-refractivity contribution in [2.24, 2.45) is 0 Å². The molecule has 1 aromatic rings. The predicted octanol–water partition coefficient (Wildman–Crippen LogP) is 2.19. The first kappa shape index (κ1) is 13.4. The summed E-state index contributed by atoms with van der Waals surface area (Å²) in [6.45, 7) is 8.70. The van der Waals surface area contributed by atoms with Crippen molar-refractivity contribution in [1.29, 1.82) is 0 Å². The van der Waals surface area contributed by atoms with E-state index in [9.17, 15) is 0 Å². The van der Waals surface area contributed by atoms with E-state index >= 15 is 0 Å². The SMILES string of the molecule is CCN(Cc1cc(C)ccc1OC)C1CCNC1. The summed E-state index contributed by atoms with van der Waals surface area (Å²) in [6.07, 6.45) is 1.25. The van der Waals surface area contributed by atoms with E-state index in [1.165, 1.54) is 17.5 Å². The molecule has 3 nitrogen and oxygen atoms in total. The summed E-state index contributed by atoms with van der Waals surface area (Å²) in [5.41, 5.74) is 2.60. The average Bonchev–Trinajstić information content (AvgIpc) is 2.90. The van der Waals surface area contributed by atoms with E-state index in [0.717, 1.165) is 31.9 Å². The minimum absolute atomic E-state index is 0.667. The van der Waals surface area contributed by atoms with Gasteiger partial charge in [0.25, 0.3) is 0 Å². The molecule has 3 heteroatoms. The van der Waals surface area contributed by atoms with Gasteiger partial charge in [-0.05, 0) is 32.5 Å². The van der Waals surface area contributed by atoms with Crippen LogP contribution in [0.1, 0.15) is 24.5 Å². The van der Waals surface area contributed by atoms with Crippen molar-refractivity contribution in [2.75, 3.05) is 26.7 Å². The van der Waals surface area contributed by atoms with E-state index in [1.807, 2.05) is 0 Å². The summed E-state index contributed by atoms with van der Waals surface area (Å²) < 4.78 is 5.47. The molecule has 18 heavy (non-hydrogen) atoms. The summed E-state index contributed by atoms with van der Waals surface area (Å²) in [5.74, 6) is 1.00. The van der Waals surface area contributed by atoms with Gasteiger partial charge in [0.1, 0.15) is 5.75 Å². The van der Waals surface area contributed by atoms with E-state index in [-0.39, 0.29) is 0 Å². The second-order valence-electron chi connectivity index (χ2n) is 5.03. The lowest BCUT2D eigenvalue weighted by atomic mass is 10.1. The molecule has 0 bridgehead atoms. The first-order valence-electron chi connectivity index (χ1n) is 6.83. The van der Waals surface area contributed by atoms with Crippen LogP contribution < -0.4 is 10.1 Å². The van der Waals surface area contributed by atoms with Crippen molar-refractivity contribution in [3.05, 3.63) is 29.3 Å². The zero-order chi connectivity index (χ0) is 13.0. The number of likely N-dealkylation sites (N-methyl/N-ethyl adjacent to an activating group) is 1. The Kier molecular flexibility index (Phi) is 4.61. The van der Waals surface area contributed by atoms with Gasteiger partial charge in [0.2, 0.25) is 0 Å². The Hall–Kier alpha value is -1.06. The van der Waals surface area contributed by atoms with E-state index in [1.54, 1.807) is 7.11 Å². The summed E-state index contributed by atoms with van der Waals surface area (Å²) in [4.78, 5) is 2.54. The minimum Gasteiger partial charge on any atom is -0.496 e. The molecule has 100 valence electrons. The van der Waals surface area contributed by atoms with Gasteiger partial charge in [0, 0.05) is 24.7 Å². The number of hydrogen-bond donors (Lipinski definition) is 1. The number of rotatable bonds is 5. The third-order valence-electron chi connectivity index (χ3n) is 3.77. The lowest BCUT2D eigenvalue weighted by Gasteiger charge is -2.27. The number of nitrogens with zero attached hydrogens (tertiary/aromatic N) is 1. The van der Waals surface area contributed by atoms with Crippen molar-refractivity contribution >= 4 is 0 Å². The molecule has 1 unspecified atom stereocenters. The van der Waals surface area contributed by atoms with Crippen molar-refractivity contribution in [2.45, 2.75) is 32.9 Å². The number of nitrogens with one attached hydrogen (secondary N) is 1. The summed E-state index contributed by atoms with van der Waals surface area (Å²) in [6, 6.07) is 7.09. The van der Waals surface area contributed by atoms with Crippen molar-refractivity contribution < 1.29 is 4.74 Å². The van der Waals surface area contributed by atoms with Crippen LogP contribution >= 0.6 is 0 Å².